The van der Waals surface area contributed by atoms with E-state index in [1.807, 2.05) is 6.92 Å². The number of carbonyl (C=O) groups excluding carboxylic acids is 2. The van der Waals surface area contributed by atoms with Crippen molar-refractivity contribution in [3.63, 3.8) is 0 Å². The number of imide groups is 1. The van der Waals surface area contributed by atoms with Crippen molar-refractivity contribution < 1.29 is 9.59 Å². The van der Waals surface area contributed by atoms with Gasteiger partial charge in [-0.15, -0.1) is 11.3 Å². The van der Waals surface area contributed by atoms with E-state index in [-0.39, 0.29) is 18.2 Å². The van der Waals surface area contributed by atoms with Crippen molar-refractivity contribution >= 4 is 28.3 Å². The van der Waals surface area contributed by atoms with E-state index in [4.69, 9.17) is 0 Å². The Morgan fingerprint density at radius 1 is 1.64 bits per heavy atom. The summed E-state index contributed by atoms with van der Waals surface area (Å²) in [5, 5.41) is 5.82. The summed E-state index contributed by atoms with van der Waals surface area (Å²) in [7, 11) is 0. The van der Waals surface area contributed by atoms with Crippen LogP contribution in [0.15, 0.2) is 6.20 Å². The van der Waals surface area contributed by atoms with Crippen LogP contribution in [-0.4, -0.2) is 22.8 Å². The number of thiazole rings is 1. The number of hydrogen-bond acceptors (Lipinski definition) is 5. The van der Waals surface area contributed by atoms with Crippen molar-refractivity contribution in [2.75, 3.05) is 5.32 Å². The van der Waals surface area contributed by atoms with E-state index in [0.29, 0.717) is 5.13 Å². The first-order valence-corrected chi connectivity index (χ1v) is 4.99. The molecule has 1 atom stereocenters. The Morgan fingerprint density at radius 2 is 2.43 bits per heavy atom. The number of nitrogens with zero attached hydrogens (tertiary/aromatic N) is 1. The molecule has 1 saturated heterocycles. The molecule has 2 N–H and O–H groups in total. The molecule has 2 heterocycles. The second-order valence-electron chi connectivity index (χ2n) is 3.09. The first-order valence-electron chi connectivity index (χ1n) is 4.18. The SMILES string of the molecule is Cc1cnc(NC2CC(=O)NC2=O)s1. The van der Waals surface area contributed by atoms with Crippen LogP contribution in [0.3, 0.4) is 0 Å². The smallest absolute Gasteiger partial charge is 0.249 e. The number of amides is 2. The van der Waals surface area contributed by atoms with Gasteiger partial charge in [0.1, 0.15) is 6.04 Å². The molecule has 0 saturated carbocycles. The van der Waals surface area contributed by atoms with Crippen LogP contribution in [0.4, 0.5) is 5.13 Å². The van der Waals surface area contributed by atoms with E-state index in [1.54, 1.807) is 6.20 Å². The maximum absolute atomic E-state index is 11.2. The fourth-order valence-corrected chi connectivity index (χ4v) is 1.96. The van der Waals surface area contributed by atoms with Gasteiger partial charge in [-0.1, -0.05) is 0 Å². The quantitative estimate of drug-likeness (QED) is 0.689. The molecule has 1 aliphatic rings. The summed E-state index contributed by atoms with van der Waals surface area (Å²) < 4.78 is 0. The topological polar surface area (TPSA) is 71.1 Å². The van der Waals surface area contributed by atoms with Crippen molar-refractivity contribution in [1.82, 2.24) is 10.3 Å². The van der Waals surface area contributed by atoms with Gasteiger partial charge >= 0.3 is 0 Å². The van der Waals surface area contributed by atoms with Crippen molar-refractivity contribution in [3.8, 4) is 0 Å². The second-order valence-corrected chi connectivity index (χ2v) is 4.32. The first kappa shape index (κ1) is 9.14. The highest BCUT2D eigenvalue weighted by Crippen LogP contribution is 2.19. The molecule has 1 aromatic rings. The molecule has 0 spiro atoms. The van der Waals surface area contributed by atoms with Crippen LogP contribution >= 0.6 is 11.3 Å². The molecule has 0 aliphatic carbocycles. The Kier molecular flexibility index (Phi) is 2.20. The van der Waals surface area contributed by atoms with Gasteiger partial charge in [0, 0.05) is 11.1 Å². The molecule has 74 valence electrons. The molecule has 0 radical (unpaired) electrons. The fourth-order valence-electron chi connectivity index (χ4n) is 1.24. The second kappa shape index (κ2) is 3.38. The Labute approximate surface area is 84.5 Å². The zero-order valence-corrected chi connectivity index (χ0v) is 8.35. The molecule has 2 amide bonds. The summed E-state index contributed by atoms with van der Waals surface area (Å²) in [6, 6.07) is -0.465. The number of anilines is 1. The largest absolute Gasteiger partial charge is 0.349 e. The molecule has 14 heavy (non-hydrogen) atoms. The number of nitrogens with one attached hydrogen (secondary N) is 2. The summed E-state index contributed by atoms with van der Waals surface area (Å²) in [6.45, 7) is 1.93. The van der Waals surface area contributed by atoms with E-state index in [0.717, 1.165) is 4.88 Å². The highest BCUT2D eigenvalue weighted by molar-refractivity contribution is 7.15. The average molecular weight is 211 g/mol. The Morgan fingerprint density at radius 3 is 2.93 bits per heavy atom. The van der Waals surface area contributed by atoms with Gasteiger partial charge in [0.05, 0.1) is 6.42 Å². The lowest BCUT2D eigenvalue weighted by Crippen LogP contribution is -2.29. The van der Waals surface area contributed by atoms with Crippen LogP contribution in [0.5, 0.6) is 0 Å². The lowest BCUT2D eigenvalue weighted by atomic mass is 10.2. The molecule has 2 rings (SSSR count). The third kappa shape index (κ3) is 1.74. The molecule has 1 fully saturated rings. The van der Waals surface area contributed by atoms with Gasteiger partial charge in [-0.25, -0.2) is 4.98 Å². The molecule has 5 nitrogen and oxygen atoms in total. The monoisotopic (exact) mass is 211 g/mol. The molecule has 0 aromatic carbocycles. The van der Waals surface area contributed by atoms with Gasteiger partial charge in [-0.2, -0.15) is 0 Å². The lowest BCUT2D eigenvalue weighted by Gasteiger charge is -2.05. The Bertz CT molecular complexity index is 388. The summed E-state index contributed by atoms with van der Waals surface area (Å²) in [4.78, 5) is 27.2. The van der Waals surface area contributed by atoms with Gasteiger partial charge in [-0.3, -0.25) is 14.9 Å². The normalized spacial score (nSPS) is 21.1. The molecule has 1 unspecified atom stereocenters. The summed E-state index contributed by atoms with van der Waals surface area (Å²) >= 11 is 1.46. The molecular formula is C8H9N3O2S. The van der Waals surface area contributed by atoms with E-state index in [2.05, 4.69) is 15.6 Å². The predicted molar refractivity (Wildman–Crippen MR) is 52.0 cm³/mol. The Balaban J connectivity index is 2.05. The van der Waals surface area contributed by atoms with E-state index >= 15 is 0 Å². The number of aromatic nitrogens is 1. The van der Waals surface area contributed by atoms with Gasteiger partial charge in [-0.05, 0) is 6.92 Å². The third-order valence-corrected chi connectivity index (χ3v) is 2.73. The van der Waals surface area contributed by atoms with Crippen molar-refractivity contribution in [2.24, 2.45) is 0 Å². The summed E-state index contributed by atoms with van der Waals surface area (Å²) in [5.41, 5.74) is 0. The maximum Gasteiger partial charge on any atom is 0.249 e. The highest BCUT2D eigenvalue weighted by Gasteiger charge is 2.30. The predicted octanol–water partition coefficient (Wildman–Crippen LogP) is 0.279. The standard InChI is InChI=1S/C8H9N3O2S/c1-4-3-9-8(14-4)10-5-2-6(12)11-7(5)13/h3,5H,2H2,1H3,(H,9,10)(H,11,12,13). The number of carbonyl (C=O) groups is 2. The van der Waals surface area contributed by atoms with E-state index < -0.39 is 6.04 Å². The van der Waals surface area contributed by atoms with Crippen LogP contribution in [0.25, 0.3) is 0 Å². The van der Waals surface area contributed by atoms with Gasteiger partial charge < -0.3 is 5.32 Å². The number of rotatable bonds is 2. The van der Waals surface area contributed by atoms with Crippen LogP contribution in [0.2, 0.25) is 0 Å². The summed E-state index contributed by atoms with van der Waals surface area (Å²) in [5.74, 6) is -0.511. The Hall–Kier alpha value is -1.43. The molecule has 1 aliphatic heterocycles. The van der Waals surface area contributed by atoms with Crippen molar-refractivity contribution in [1.29, 1.82) is 0 Å². The number of hydrogen-bond donors (Lipinski definition) is 2. The van der Waals surface area contributed by atoms with Crippen molar-refractivity contribution in [2.45, 2.75) is 19.4 Å². The molecule has 6 heteroatoms. The van der Waals surface area contributed by atoms with Gasteiger partial charge in [0.25, 0.3) is 0 Å². The van der Waals surface area contributed by atoms with E-state index in [9.17, 15) is 9.59 Å². The maximum atomic E-state index is 11.2. The van der Waals surface area contributed by atoms with Crippen LogP contribution in [0, 0.1) is 6.92 Å². The molecular weight excluding hydrogens is 202 g/mol. The average Bonchev–Trinajstić information content (AvgIpc) is 2.61. The van der Waals surface area contributed by atoms with Crippen molar-refractivity contribution in [3.05, 3.63) is 11.1 Å². The first-order chi connectivity index (χ1) is 6.65. The minimum atomic E-state index is -0.465. The lowest BCUT2D eigenvalue weighted by molar-refractivity contribution is -0.124. The van der Waals surface area contributed by atoms with Crippen LogP contribution in [0.1, 0.15) is 11.3 Å². The zero-order chi connectivity index (χ0) is 10.1. The summed E-state index contributed by atoms with van der Waals surface area (Å²) in [6.07, 6.45) is 1.92. The van der Waals surface area contributed by atoms with E-state index in [1.165, 1.54) is 11.3 Å². The number of aryl methyl sites for hydroxylation is 1. The van der Waals surface area contributed by atoms with Gasteiger partial charge in [0.15, 0.2) is 5.13 Å². The minimum Gasteiger partial charge on any atom is -0.349 e. The molecule has 1 aromatic heterocycles. The highest BCUT2D eigenvalue weighted by atomic mass is 32.1. The molecule has 0 bridgehead atoms. The van der Waals surface area contributed by atoms with Gasteiger partial charge in [0.2, 0.25) is 11.8 Å². The fraction of sp³-hybridized carbons (Fsp3) is 0.375. The third-order valence-electron chi connectivity index (χ3n) is 1.89. The van der Waals surface area contributed by atoms with Crippen LogP contribution < -0.4 is 10.6 Å². The minimum absolute atomic E-state index is 0.192. The van der Waals surface area contributed by atoms with Crippen LogP contribution in [-0.2, 0) is 9.59 Å². The zero-order valence-electron chi connectivity index (χ0n) is 7.53.